The number of rotatable bonds is 4. The van der Waals surface area contributed by atoms with Crippen LogP contribution in [-0.2, 0) is 19.3 Å². The highest BCUT2D eigenvalue weighted by molar-refractivity contribution is 5.71. The molecule has 0 nitrogen and oxygen atoms in total. The first-order valence-electron chi connectivity index (χ1n) is 8.54. The van der Waals surface area contributed by atoms with Gasteiger partial charge in [0.15, 0.2) is 0 Å². The summed E-state index contributed by atoms with van der Waals surface area (Å²) in [7, 11) is 0. The van der Waals surface area contributed by atoms with Gasteiger partial charge in [-0.1, -0.05) is 79.8 Å². The van der Waals surface area contributed by atoms with Gasteiger partial charge in [0.1, 0.15) is 0 Å². The first kappa shape index (κ1) is 14.3. The SMILES string of the molecule is CC1C=CC(C2=Cc3cc(CCc4ccccc4)ccc3C2)=C1. The molecule has 23 heavy (non-hydrogen) atoms. The van der Waals surface area contributed by atoms with Gasteiger partial charge in [-0.25, -0.2) is 0 Å². The molecule has 114 valence electrons. The van der Waals surface area contributed by atoms with Crippen molar-refractivity contribution in [3.63, 3.8) is 0 Å². The van der Waals surface area contributed by atoms with E-state index >= 15 is 0 Å². The van der Waals surface area contributed by atoms with E-state index in [0.29, 0.717) is 5.92 Å². The summed E-state index contributed by atoms with van der Waals surface area (Å²) in [5, 5.41) is 0. The van der Waals surface area contributed by atoms with Gasteiger partial charge in [-0.3, -0.25) is 0 Å². The molecule has 0 radical (unpaired) electrons. The summed E-state index contributed by atoms with van der Waals surface area (Å²) in [6.45, 7) is 2.24. The van der Waals surface area contributed by atoms with Gasteiger partial charge in [-0.05, 0) is 58.6 Å². The molecule has 2 aliphatic rings. The molecule has 4 rings (SSSR count). The maximum Gasteiger partial charge on any atom is -0.00138 e. The minimum absolute atomic E-state index is 0.580. The van der Waals surface area contributed by atoms with Crippen LogP contribution < -0.4 is 0 Å². The lowest BCUT2D eigenvalue weighted by molar-refractivity contribution is 0.954. The summed E-state index contributed by atoms with van der Waals surface area (Å²) in [5.74, 6) is 0.580. The third-order valence-electron chi connectivity index (χ3n) is 4.86. The topological polar surface area (TPSA) is 0 Å². The van der Waals surface area contributed by atoms with Gasteiger partial charge in [0, 0.05) is 0 Å². The first-order valence-corrected chi connectivity index (χ1v) is 8.54. The number of fused-ring (bicyclic) bond motifs is 1. The molecule has 0 amide bonds. The second kappa shape index (κ2) is 6.04. The molecule has 0 aromatic heterocycles. The Kier molecular flexibility index (Phi) is 3.75. The Morgan fingerprint density at radius 2 is 1.78 bits per heavy atom. The maximum atomic E-state index is 2.38. The van der Waals surface area contributed by atoms with Crippen LogP contribution in [0.1, 0.15) is 29.2 Å². The normalized spacial score (nSPS) is 18.7. The number of hydrogen-bond donors (Lipinski definition) is 0. The second-order valence-electron chi connectivity index (χ2n) is 6.71. The van der Waals surface area contributed by atoms with Crippen molar-refractivity contribution in [3.8, 4) is 0 Å². The monoisotopic (exact) mass is 298 g/mol. The third-order valence-corrected chi connectivity index (χ3v) is 4.86. The van der Waals surface area contributed by atoms with E-state index in [9.17, 15) is 0 Å². The van der Waals surface area contributed by atoms with Gasteiger partial charge in [-0.2, -0.15) is 0 Å². The van der Waals surface area contributed by atoms with Gasteiger partial charge in [0.2, 0.25) is 0 Å². The van der Waals surface area contributed by atoms with Gasteiger partial charge < -0.3 is 0 Å². The van der Waals surface area contributed by atoms with Gasteiger partial charge >= 0.3 is 0 Å². The quantitative estimate of drug-likeness (QED) is 0.695. The van der Waals surface area contributed by atoms with Crippen molar-refractivity contribution in [2.24, 2.45) is 5.92 Å². The molecule has 0 heterocycles. The van der Waals surface area contributed by atoms with Crippen molar-refractivity contribution in [3.05, 3.63) is 100 Å². The van der Waals surface area contributed by atoms with E-state index in [0.717, 1.165) is 19.3 Å². The van der Waals surface area contributed by atoms with E-state index < -0.39 is 0 Å². The fourth-order valence-corrected chi connectivity index (χ4v) is 3.52. The van der Waals surface area contributed by atoms with E-state index in [1.54, 1.807) is 0 Å². The molecule has 1 atom stereocenters. The molecule has 0 fully saturated rings. The van der Waals surface area contributed by atoms with Crippen LogP contribution in [0.2, 0.25) is 0 Å². The van der Waals surface area contributed by atoms with Crippen LogP contribution in [0, 0.1) is 5.92 Å². The third kappa shape index (κ3) is 3.07. The predicted octanol–water partition coefficient (Wildman–Crippen LogP) is 5.54. The fourth-order valence-electron chi connectivity index (χ4n) is 3.52. The maximum absolute atomic E-state index is 2.38. The Balaban J connectivity index is 1.50. The Morgan fingerprint density at radius 3 is 2.57 bits per heavy atom. The molecule has 2 aromatic rings. The van der Waals surface area contributed by atoms with Crippen LogP contribution in [0.15, 0.2) is 77.9 Å². The van der Waals surface area contributed by atoms with Crippen molar-refractivity contribution in [2.45, 2.75) is 26.2 Å². The van der Waals surface area contributed by atoms with Gasteiger partial charge in [0.25, 0.3) is 0 Å². The predicted molar refractivity (Wildman–Crippen MR) is 98.4 cm³/mol. The van der Waals surface area contributed by atoms with Crippen molar-refractivity contribution >= 4 is 6.08 Å². The van der Waals surface area contributed by atoms with Gasteiger partial charge in [0.05, 0.1) is 0 Å². The Morgan fingerprint density at radius 1 is 0.957 bits per heavy atom. The van der Waals surface area contributed by atoms with Crippen molar-refractivity contribution in [2.75, 3.05) is 0 Å². The molecule has 0 saturated carbocycles. The molecule has 0 bridgehead atoms. The summed E-state index contributed by atoms with van der Waals surface area (Å²) < 4.78 is 0. The highest BCUT2D eigenvalue weighted by Gasteiger charge is 2.17. The largest absolute Gasteiger partial charge is 0.0773 e. The lowest BCUT2D eigenvalue weighted by Crippen LogP contribution is -1.93. The zero-order valence-electron chi connectivity index (χ0n) is 13.6. The number of allylic oxidation sites excluding steroid dienone is 5. The highest BCUT2D eigenvalue weighted by Crippen LogP contribution is 2.33. The molecule has 0 saturated heterocycles. The van der Waals surface area contributed by atoms with E-state index in [4.69, 9.17) is 0 Å². The smallest absolute Gasteiger partial charge is 0.00138 e. The van der Waals surface area contributed by atoms with Crippen LogP contribution in [0.25, 0.3) is 6.08 Å². The molecule has 0 aliphatic heterocycles. The van der Waals surface area contributed by atoms with E-state index in [-0.39, 0.29) is 0 Å². The van der Waals surface area contributed by atoms with Crippen molar-refractivity contribution < 1.29 is 0 Å². The second-order valence-corrected chi connectivity index (χ2v) is 6.71. The van der Waals surface area contributed by atoms with Crippen molar-refractivity contribution in [1.29, 1.82) is 0 Å². The lowest BCUT2D eigenvalue weighted by Gasteiger charge is -2.05. The van der Waals surface area contributed by atoms with E-state index in [1.165, 1.54) is 33.4 Å². The number of hydrogen-bond acceptors (Lipinski definition) is 0. The van der Waals surface area contributed by atoms with E-state index in [1.807, 2.05) is 0 Å². The summed E-state index contributed by atoms with van der Waals surface area (Å²) >= 11 is 0. The molecule has 0 heteroatoms. The fraction of sp³-hybridized carbons (Fsp3) is 0.217. The van der Waals surface area contributed by atoms with Crippen LogP contribution in [0.3, 0.4) is 0 Å². The van der Waals surface area contributed by atoms with Crippen LogP contribution in [-0.4, -0.2) is 0 Å². The van der Waals surface area contributed by atoms with Crippen LogP contribution in [0.4, 0.5) is 0 Å². The zero-order valence-corrected chi connectivity index (χ0v) is 13.6. The Bertz CT molecular complexity index is 803. The molecule has 2 aromatic carbocycles. The summed E-state index contributed by atoms with van der Waals surface area (Å²) in [6, 6.07) is 17.8. The standard InChI is InChI=1S/C23H22/c1-17-7-11-20(13-17)23-15-21-12-10-19(14-22(21)16-23)9-8-18-5-3-2-4-6-18/h2-7,10-14,16-17H,8-9,15H2,1H3. The first-order chi connectivity index (χ1) is 11.3. The highest BCUT2D eigenvalue weighted by atomic mass is 14.2. The summed E-state index contributed by atoms with van der Waals surface area (Å²) in [5.41, 5.74) is 8.63. The summed E-state index contributed by atoms with van der Waals surface area (Å²) in [6.07, 6.45) is 12.6. The number of aryl methyl sites for hydroxylation is 2. The average molecular weight is 298 g/mol. The average Bonchev–Trinajstić information content (AvgIpc) is 3.19. The zero-order chi connectivity index (χ0) is 15.6. The lowest BCUT2D eigenvalue weighted by atomic mass is 10.00. The van der Waals surface area contributed by atoms with Crippen LogP contribution >= 0.6 is 0 Å². The molecular weight excluding hydrogens is 276 g/mol. The van der Waals surface area contributed by atoms with Crippen LogP contribution in [0.5, 0.6) is 0 Å². The molecular formula is C23H22. The molecule has 0 N–H and O–H groups in total. The van der Waals surface area contributed by atoms with E-state index in [2.05, 4.69) is 79.8 Å². The molecule has 1 unspecified atom stereocenters. The summed E-state index contributed by atoms with van der Waals surface area (Å²) in [4.78, 5) is 0. The minimum atomic E-state index is 0.580. The Hall–Kier alpha value is -2.34. The van der Waals surface area contributed by atoms with Gasteiger partial charge in [-0.15, -0.1) is 0 Å². The molecule has 2 aliphatic carbocycles. The van der Waals surface area contributed by atoms with Crippen molar-refractivity contribution in [1.82, 2.24) is 0 Å². The molecule has 0 spiro atoms. The Labute approximate surface area is 138 Å². The minimum Gasteiger partial charge on any atom is -0.0773 e. The number of benzene rings is 2.